The molecule has 1 amide bonds. The van der Waals surface area contributed by atoms with Crippen LogP contribution in [0.25, 0.3) is 0 Å². The minimum absolute atomic E-state index is 0.195. The van der Waals surface area contributed by atoms with Gasteiger partial charge in [0.25, 0.3) is 0 Å². The molecule has 0 atom stereocenters. The lowest BCUT2D eigenvalue weighted by Gasteiger charge is -2.07. The van der Waals surface area contributed by atoms with E-state index in [0.717, 1.165) is 13.0 Å². The summed E-state index contributed by atoms with van der Waals surface area (Å²) in [6.45, 7) is 2.08. The van der Waals surface area contributed by atoms with Crippen molar-refractivity contribution in [2.24, 2.45) is 0 Å². The first-order chi connectivity index (χ1) is 8.74. The molecular weight excluding hydrogens is 235 g/mol. The van der Waals surface area contributed by atoms with Gasteiger partial charge >= 0.3 is 0 Å². The van der Waals surface area contributed by atoms with E-state index in [4.69, 9.17) is 4.74 Å². The molecule has 0 spiro atoms. The van der Waals surface area contributed by atoms with Crippen LogP contribution >= 0.6 is 0 Å². The summed E-state index contributed by atoms with van der Waals surface area (Å²) in [5, 5.41) is 5.65. The maximum Gasteiger partial charge on any atom is 0.225 e. The first-order valence-electron chi connectivity index (χ1n) is 5.98. The third-order valence-electron chi connectivity index (χ3n) is 2.38. The van der Waals surface area contributed by atoms with E-state index in [1.54, 1.807) is 25.3 Å². The molecule has 1 aromatic rings. The zero-order valence-corrected chi connectivity index (χ0v) is 10.5. The summed E-state index contributed by atoms with van der Waals surface area (Å²) in [7, 11) is 1.65. The Morgan fingerprint density at radius 1 is 1.33 bits per heavy atom. The van der Waals surface area contributed by atoms with E-state index in [1.807, 2.05) is 0 Å². The Kier molecular flexibility index (Phi) is 6.98. The highest BCUT2D eigenvalue weighted by molar-refractivity contribution is 5.90. The first-order valence-corrected chi connectivity index (χ1v) is 5.98. The van der Waals surface area contributed by atoms with Crippen LogP contribution in [-0.2, 0) is 9.53 Å². The molecule has 0 aliphatic rings. The van der Waals surface area contributed by atoms with Gasteiger partial charge in [-0.2, -0.15) is 0 Å². The molecule has 2 N–H and O–H groups in total. The Bertz CT molecular complexity index is 372. The van der Waals surface area contributed by atoms with Crippen LogP contribution in [-0.4, -0.2) is 32.7 Å². The molecule has 1 rings (SSSR count). The number of carbonyl (C=O) groups excluding carboxylic acids is 1. The summed E-state index contributed by atoms with van der Waals surface area (Å²) in [4.78, 5) is 11.5. The summed E-state index contributed by atoms with van der Waals surface area (Å²) < 4.78 is 18.1. The molecule has 0 unspecified atom stereocenters. The molecule has 0 bridgehead atoms. The van der Waals surface area contributed by atoms with Gasteiger partial charge in [-0.3, -0.25) is 4.79 Å². The molecule has 0 aliphatic heterocycles. The Labute approximate surface area is 107 Å². The molecule has 0 saturated carbocycles. The van der Waals surface area contributed by atoms with Crippen LogP contribution in [0.2, 0.25) is 0 Å². The lowest BCUT2D eigenvalue weighted by atomic mass is 10.3. The summed E-state index contributed by atoms with van der Waals surface area (Å²) in [5.41, 5.74) is 0.224. The molecule has 100 valence electrons. The lowest BCUT2D eigenvalue weighted by Crippen LogP contribution is -2.23. The third-order valence-corrected chi connectivity index (χ3v) is 2.38. The highest BCUT2D eigenvalue weighted by atomic mass is 19.1. The van der Waals surface area contributed by atoms with E-state index in [0.29, 0.717) is 19.6 Å². The predicted octanol–water partition coefficient (Wildman–Crippen LogP) is 1.78. The number of amides is 1. The SMILES string of the molecule is COCCCNCCC(=O)Nc1ccccc1F. The lowest BCUT2D eigenvalue weighted by molar-refractivity contribution is -0.116. The number of ether oxygens (including phenoxy) is 1. The zero-order valence-electron chi connectivity index (χ0n) is 10.5. The van der Waals surface area contributed by atoms with Gasteiger partial charge < -0.3 is 15.4 Å². The molecular formula is C13H19FN2O2. The minimum atomic E-state index is -0.418. The standard InChI is InChI=1S/C13H19FN2O2/c1-18-10-4-8-15-9-7-13(17)16-12-6-3-2-5-11(12)14/h2-3,5-6,15H,4,7-10H2,1H3,(H,16,17). The number of carbonyl (C=O) groups is 1. The second kappa shape index (κ2) is 8.60. The number of hydrogen-bond acceptors (Lipinski definition) is 3. The summed E-state index contributed by atoms with van der Waals surface area (Å²) >= 11 is 0. The Hall–Kier alpha value is -1.46. The normalized spacial score (nSPS) is 10.3. The predicted molar refractivity (Wildman–Crippen MR) is 69.0 cm³/mol. The fourth-order valence-corrected chi connectivity index (χ4v) is 1.44. The molecule has 5 heteroatoms. The van der Waals surface area contributed by atoms with Gasteiger partial charge in [0, 0.05) is 26.7 Å². The molecule has 0 aliphatic carbocycles. The molecule has 1 aromatic carbocycles. The van der Waals surface area contributed by atoms with Crippen molar-refractivity contribution in [1.82, 2.24) is 5.32 Å². The van der Waals surface area contributed by atoms with Crippen molar-refractivity contribution < 1.29 is 13.9 Å². The largest absolute Gasteiger partial charge is 0.385 e. The average molecular weight is 254 g/mol. The van der Waals surface area contributed by atoms with E-state index < -0.39 is 5.82 Å². The van der Waals surface area contributed by atoms with Crippen molar-refractivity contribution in [2.75, 3.05) is 32.1 Å². The topological polar surface area (TPSA) is 50.4 Å². The maximum atomic E-state index is 13.2. The van der Waals surface area contributed by atoms with Crippen LogP contribution in [0, 0.1) is 5.82 Å². The van der Waals surface area contributed by atoms with Gasteiger partial charge in [-0.05, 0) is 25.1 Å². The van der Waals surface area contributed by atoms with Gasteiger partial charge in [-0.1, -0.05) is 12.1 Å². The van der Waals surface area contributed by atoms with Gasteiger partial charge in [-0.25, -0.2) is 4.39 Å². The van der Waals surface area contributed by atoms with Crippen LogP contribution in [0.5, 0.6) is 0 Å². The van der Waals surface area contributed by atoms with Crippen molar-refractivity contribution in [3.63, 3.8) is 0 Å². The Morgan fingerprint density at radius 3 is 2.83 bits per heavy atom. The smallest absolute Gasteiger partial charge is 0.225 e. The number of halogens is 1. The minimum Gasteiger partial charge on any atom is -0.385 e. The van der Waals surface area contributed by atoms with Gasteiger partial charge in [0.05, 0.1) is 5.69 Å². The van der Waals surface area contributed by atoms with Gasteiger partial charge in [0.15, 0.2) is 0 Å². The molecule has 0 heterocycles. The third kappa shape index (κ3) is 5.75. The molecule has 18 heavy (non-hydrogen) atoms. The molecule has 4 nitrogen and oxygen atoms in total. The quantitative estimate of drug-likeness (QED) is 0.695. The second-order valence-electron chi connectivity index (χ2n) is 3.87. The molecule has 0 fully saturated rings. The number of hydrogen-bond donors (Lipinski definition) is 2. The van der Waals surface area contributed by atoms with E-state index >= 15 is 0 Å². The number of anilines is 1. The van der Waals surface area contributed by atoms with E-state index in [9.17, 15) is 9.18 Å². The van der Waals surface area contributed by atoms with Gasteiger partial charge in [-0.15, -0.1) is 0 Å². The first kappa shape index (κ1) is 14.6. The van der Waals surface area contributed by atoms with Crippen molar-refractivity contribution in [3.05, 3.63) is 30.1 Å². The highest BCUT2D eigenvalue weighted by Gasteiger charge is 2.05. The second-order valence-corrected chi connectivity index (χ2v) is 3.87. The van der Waals surface area contributed by atoms with Gasteiger partial charge in [0.1, 0.15) is 5.82 Å². The molecule has 0 saturated heterocycles. The monoisotopic (exact) mass is 254 g/mol. The number of rotatable bonds is 8. The Balaban J connectivity index is 2.16. The fraction of sp³-hybridized carbons (Fsp3) is 0.462. The van der Waals surface area contributed by atoms with Crippen LogP contribution in [0.15, 0.2) is 24.3 Å². The van der Waals surface area contributed by atoms with E-state index in [-0.39, 0.29) is 11.6 Å². The number of para-hydroxylation sites is 1. The number of nitrogens with one attached hydrogen (secondary N) is 2. The zero-order chi connectivity index (χ0) is 13.2. The average Bonchev–Trinajstić information content (AvgIpc) is 2.36. The number of methoxy groups -OCH3 is 1. The van der Waals surface area contributed by atoms with Crippen molar-refractivity contribution in [2.45, 2.75) is 12.8 Å². The van der Waals surface area contributed by atoms with Crippen LogP contribution < -0.4 is 10.6 Å². The summed E-state index contributed by atoms with van der Waals surface area (Å²) in [6, 6.07) is 6.13. The maximum absolute atomic E-state index is 13.2. The van der Waals surface area contributed by atoms with E-state index in [2.05, 4.69) is 10.6 Å². The van der Waals surface area contributed by atoms with Crippen molar-refractivity contribution in [1.29, 1.82) is 0 Å². The van der Waals surface area contributed by atoms with Crippen LogP contribution in [0.3, 0.4) is 0 Å². The number of benzene rings is 1. The molecule has 0 aromatic heterocycles. The van der Waals surface area contributed by atoms with E-state index in [1.165, 1.54) is 6.07 Å². The van der Waals surface area contributed by atoms with Crippen molar-refractivity contribution in [3.8, 4) is 0 Å². The van der Waals surface area contributed by atoms with Crippen LogP contribution in [0.1, 0.15) is 12.8 Å². The fourth-order valence-electron chi connectivity index (χ4n) is 1.44. The Morgan fingerprint density at radius 2 is 2.11 bits per heavy atom. The van der Waals surface area contributed by atoms with Crippen molar-refractivity contribution >= 4 is 11.6 Å². The van der Waals surface area contributed by atoms with Gasteiger partial charge in [0.2, 0.25) is 5.91 Å². The molecule has 0 radical (unpaired) electrons. The van der Waals surface area contributed by atoms with Crippen LogP contribution in [0.4, 0.5) is 10.1 Å². The highest BCUT2D eigenvalue weighted by Crippen LogP contribution is 2.12. The summed E-state index contributed by atoms with van der Waals surface area (Å²) in [5.74, 6) is -0.613. The summed E-state index contributed by atoms with van der Waals surface area (Å²) in [6.07, 6.45) is 1.23.